The number of benzene rings is 2. The van der Waals surface area contributed by atoms with E-state index >= 15 is 0 Å². The van der Waals surface area contributed by atoms with Gasteiger partial charge in [0.05, 0.1) is 12.4 Å². The number of rotatable bonds is 25. The van der Waals surface area contributed by atoms with Gasteiger partial charge in [-0.1, -0.05) is 151 Å². The number of carbonyl (C=O) groups is 2. The molecule has 46 heavy (non-hydrogen) atoms. The van der Waals surface area contributed by atoms with Crippen molar-refractivity contribution >= 4 is 36.4 Å². The summed E-state index contributed by atoms with van der Waals surface area (Å²) in [4.78, 5) is 24.6. The van der Waals surface area contributed by atoms with Crippen LogP contribution in [0.25, 0.3) is 12.2 Å². The SMILES string of the molecule is CCCCCCC(/C=N/NC(=O)CCCCCCCCC(=O)N/N=C/C(=C/c1ccccc1)CCCCCC)=C\c1ccccc1. The summed E-state index contributed by atoms with van der Waals surface area (Å²) >= 11 is 0. The van der Waals surface area contributed by atoms with Gasteiger partial charge in [-0.05, 0) is 60.8 Å². The van der Waals surface area contributed by atoms with Gasteiger partial charge in [0.25, 0.3) is 0 Å². The van der Waals surface area contributed by atoms with Gasteiger partial charge in [-0.25, -0.2) is 10.9 Å². The molecule has 0 aliphatic rings. The molecule has 6 heteroatoms. The van der Waals surface area contributed by atoms with E-state index in [2.05, 4.69) is 71.3 Å². The molecule has 0 saturated heterocycles. The van der Waals surface area contributed by atoms with Crippen LogP contribution in [-0.4, -0.2) is 24.2 Å². The fourth-order valence-electron chi connectivity index (χ4n) is 5.15. The van der Waals surface area contributed by atoms with Crippen LogP contribution in [0.1, 0.15) is 141 Å². The van der Waals surface area contributed by atoms with Crippen LogP contribution in [0.2, 0.25) is 0 Å². The molecule has 2 amide bonds. The van der Waals surface area contributed by atoms with E-state index in [1.807, 2.05) is 36.4 Å². The average molecular weight is 627 g/mol. The van der Waals surface area contributed by atoms with Crippen LogP contribution in [-0.2, 0) is 9.59 Å². The van der Waals surface area contributed by atoms with Crippen molar-refractivity contribution in [2.45, 2.75) is 129 Å². The lowest BCUT2D eigenvalue weighted by Crippen LogP contribution is -2.17. The zero-order valence-corrected chi connectivity index (χ0v) is 28.5. The highest BCUT2D eigenvalue weighted by Crippen LogP contribution is 2.15. The van der Waals surface area contributed by atoms with Crippen LogP contribution in [0, 0.1) is 0 Å². The minimum absolute atomic E-state index is 0.0405. The van der Waals surface area contributed by atoms with Crippen LogP contribution in [0.15, 0.2) is 82.0 Å². The van der Waals surface area contributed by atoms with Gasteiger partial charge in [-0.15, -0.1) is 0 Å². The number of unbranched alkanes of at least 4 members (excludes halogenated alkanes) is 11. The molecule has 0 aromatic heterocycles. The third kappa shape index (κ3) is 20.3. The van der Waals surface area contributed by atoms with Crippen molar-refractivity contribution in [3.63, 3.8) is 0 Å². The Morgan fingerprint density at radius 2 is 0.848 bits per heavy atom. The molecule has 250 valence electrons. The molecule has 0 spiro atoms. The second-order valence-electron chi connectivity index (χ2n) is 12.1. The summed E-state index contributed by atoms with van der Waals surface area (Å²) in [6, 6.07) is 20.5. The molecule has 0 heterocycles. The van der Waals surface area contributed by atoms with Gasteiger partial charge in [-0.2, -0.15) is 10.2 Å². The molecule has 0 aliphatic carbocycles. The second-order valence-corrected chi connectivity index (χ2v) is 12.1. The summed E-state index contributed by atoms with van der Waals surface area (Å²) < 4.78 is 0. The van der Waals surface area contributed by atoms with Crippen LogP contribution in [0.5, 0.6) is 0 Å². The second kappa shape index (κ2) is 26.4. The number of hydrogen-bond donors (Lipinski definition) is 2. The lowest BCUT2D eigenvalue weighted by Gasteiger charge is -2.05. The number of carbonyl (C=O) groups excluding carboxylic acids is 2. The largest absolute Gasteiger partial charge is 0.273 e. The van der Waals surface area contributed by atoms with Crippen LogP contribution in [0.3, 0.4) is 0 Å². The van der Waals surface area contributed by atoms with E-state index < -0.39 is 0 Å². The minimum Gasteiger partial charge on any atom is -0.273 e. The molecule has 0 atom stereocenters. The first kappa shape index (κ1) is 38.4. The number of nitrogens with one attached hydrogen (secondary N) is 2. The van der Waals surface area contributed by atoms with Gasteiger partial charge >= 0.3 is 0 Å². The first-order valence-electron chi connectivity index (χ1n) is 17.8. The Bertz CT molecular complexity index is 1110. The number of allylic oxidation sites excluding steroid dienone is 2. The molecule has 0 unspecified atom stereocenters. The zero-order valence-electron chi connectivity index (χ0n) is 28.5. The van der Waals surface area contributed by atoms with E-state index in [9.17, 15) is 9.59 Å². The minimum atomic E-state index is -0.0405. The van der Waals surface area contributed by atoms with Gasteiger partial charge < -0.3 is 0 Å². The Labute approximate surface area is 278 Å². The Balaban J connectivity index is 1.59. The Kier molecular flexibility index (Phi) is 22.0. The van der Waals surface area contributed by atoms with Crippen molar-refractivity contribution in [1.82, 2.24) is 10.9 Å². The maximum atomic E-state index is 12.3. The van der Waals surface area contributed by atoms with E-state index in [1.54, 1.807) is 12.4 Å². The molecule has 0 fully saturated rings. The van der Waals surface area contributed by atoms with Crippen molar-refractivity contribution in [1.29, 1.82) is 0 Å². The quantitative estimate of drug-likeness (QED) is 0.0653. The van der Waals surface area contributed by atoms with Gasteiger partial charge in [0, 0.05) is 12.8 Å². The van der Waals surface area contributed by atoms with Crippen molar-refractivity contribution in [3.8, 4) is 0 Å². The Morgan fingerprint density at radius 3 is 1.24 bits per heavy atom. The zero-order chi connectivity index (χ0) is 32.9. The number of hydrogen-bond acceptors (Lipinski definition) is 4. The summed E-state index contributed by atoms with van der Waals surface area (Å²) in [5.41, 5.74) is 9.96. The topological polar surface area (TPSA) is 82.9 Å². The first-order chi connectivity index (χ1) is 22.6. The molecule has 2 rings (SSSR count). The molecular weight excluding hydrogens is 568 g/mol. The van der Waals surface area contributed by atoms with E-state index in [0.717, 1.165) is 86.5 Å². The van der Waals surface area contributed by atoms with E-state index in [-0.39, 0.29) is 11.8 Å². The van der Waals surface area contributed by atoms with Crippen molar-refractivity contribution in [2.24, 2.45) is 10.2 Å². The Hall–Kier alpha value is -3.80. The van der Waals surface area contributed by atoms with E-state index in [0.29, 0.717) is 12.8 Å². The molecule has 6 nitrogen and oxygen atoms in total. The van der Waals surface area contributed by atoms with Crippen LogP contribution < -0.4 is 10.9 Å². The van der Waals surface area contributed by atoms with Crippen molar-refractivity contribution in [3.05, 3.63) is 82.9 Å². The third-order valence-corrected chi connectivity index (χ3v) is 7.84. The molecular formula is C40H58N4O2. The van der Waals surface area contributed by atoms with Crippen LogP contribution >= 0.6 is 0 Å². The van der Waals surface area contributed by atoms with E-state index in [1.165, 1.54) is 38.5 Å². The van der Waals surface area contributed by atoms with Gasteiger partial charge in [0.15, 0.2) is 0 Å². The maximum Gasteiger partial charge on any atom is 0.240 e. The molecule has 0 aliphatic heterocycles. The predicted molar refractivity (Wildman–Crippen MR) is 197 cm³/mol. The number of amides is 2. The molecule has 2 N–H and O–H groups in total. The summed E-state index contributed by atoms with van der Waals surface area (Å²) in [5.74, 6) is -0.0810. The smallest absolute Gasteiger partial charge is 0.240 e. The normalized spacial score (nSPS) is 12.2. The maximum absolute atomic E-state index is 12.3. The summed E-state index contributed by atoms with van der Waals surface area (Å²) in [6.07, 6.45) is 26.1. The van der Waals surface area contributed by atoms with Gasteiger partial charge in [-0.3, -0.25) is 9.59 Å². The highest BCUT2D eigenvalue weighted by molar-refractivity contribution is 5.87. The average Bonchev–Trinajstić information content (AvgIpc) is 3.07. The molecule has 0 bridgehead atoms. The van der Waals surface area contributed by atoms with Crippen molar-refractivity contribution < 1.29 is 9.59 Å². The molecule has 2 aromatic rings. The number of nitrogens with zero attached hydrogens (tertiary/aromatic N) is 2. The lowest BCUT2D eigenvalue weighted by atomic mass is 10.0. The van der Waals surface area contributed by atoms with Gasteiger partial charge in [0.2, 0.25) is 11.8 Å². The van der Waals surface area contributed by atoms with Gasteiger partial charge in [0.1, 0.15) is 0 Å². The first-order valence-corrected chi connectivity index (χ1v) is 17.8. The molecule has 0 saturated carbocycles. The monoisotopic (exact) mass is 626 g/mol. The molecule has 2 aromatic carbocycles. The Morgan fingerprint density at radius 1 is 0.500 bits per heavy atom. The lowest BCUT2D eigenvalue weighted by molar-refractivity contribution is -0.122. The third-order valence-electron chi connectivity index (χ3n) is 7.84. The van der Waals surface area contributed by atoms with E-state index in [4.69, 9.17) is 0 Å². The predicted octanol–water partition coefficient (Wildman–Crippen LogP) is 10.4. The summed E-state index contributed by atoms with van der Waals surface area (Å²) in [7, 11) is 0. The van der Waals surface area contributed by atoms with Crippen molar-refractivity contribution in [2.75, 3.05) is 0 Å². The van der Waals surface area contributed by atoms with Crippen LogP contribution in [0.4, 0.5) is 0 Å². The highest BCUT2D eigenvalue weighted by Gasteiger charge is 2.03. The molecule has 0 radical (unpaired) electrons. The summed E-state index contributed by atoms with van der Waals surface area (Å²) in [5, 5.41) is 8.50. The fourth-order valence-corrected chi connectivity index (χ4v) is 5.15. The standard InChI is InChI=1S/C40H58N4O2/c1-3-5-7-15-27-37(31-35-23-17-13-18-24-35)33-41-43-39(45)29-21-11-9-10-12-22-30-40(46)44-42-34-38(28-16-8-6-4-2)32-36-25-19-14-20-26-36/h13-14,17-20,23-26,31-34H,3-12,15-16,21-22,27-30H2,1-2H3,(H,43,45)(H,44,46)/b37-31+,38-32+,41-33+,42-34+. The number of hydrazone groups is 2. The highest BCUT2D eigenvalue weighted by atomic mass is 16.2. The fraction of sp³-hybridized carbons (Fsp3) is 0.500. The summed E-state index contributed by atoms with van der Waals surface area (Å²) in [6.45, 7) is 4.43.